The third-order valence-corrected chi connectivity index (χ3v) is 2.17. The molecular weight excluding hydrogens is 222 g/mol. The number of hydrogen-bond acceptors (Lipinski definition) is 3. The number of hydrogen-bond donors (Lipinski definition) is 2. The Balaban J connectivity index is 0. The summed E-state index contributed by atoms with van der Waals surface area (Å²) in [4.78, 5) is 22.9. The van der Waals surface area contributed by atoms with Crippen molar-refractivity contribution in [1.82, 2.24) is 4.90 Å². The van der Waals surface area contributed by atoms with E-state index in [1.165, 1.54) is 0 Å². The zero-order valence-corrected chi connectivity index (χ0v) is 9.79. The Hall–Kier alpha value is -0.810. The highest BCUT2D eigenvalue weighted by Gasteiger charge is 2.23. The number of carboxylic acid groups (broad SMARTS) is 2. The van der Waals surface area contributed by atoms with Crippen LogP contribution in [0.4, 0.5) is 0 Å². The van der Waals surface area contributed by atoms with Gasteiger partial charge in [0.15, 0.2) is 0 Å². The minimum Gasteiger partial charge on any atom is -0.481 e. The van der Waals surface area contributed by atoms with Crippen molar-refractivity contribution in [2.75, 3.05) is 13.1 Å². The van der Waals surface area contributed by atoms with Crippen molar-refractivity contribution in [2.24, 2.45) is 0 Å². The van der Waals surface area contributed by atoms with Gasteiger partial charge in [0, 0.05) is 6.42 Å². The van der Waals surface area contributed by atoms with Gasteiger partial charge < -0.3 is 10.2 Å². The molecule has 0 amide bonds. The standard InChI is InChI=1S/C9H17NO4.ClH/c1-3-10(4-2)7(9(13)14)5-6-8(11)12;/h7H,3-6H2,1-2H3,(H,11,12)(H,13,14);1H/t7-;/m0./s1. The summed E-state index contributed by atoms with van der Waals surface area (Å²) in [7, 11) is 0. The lowest BCUT2D eigenvalue weighted by Crippen LogP contribution is -2.41. The highest BCUT2D eigenvalue weighted by molar-refractivity contribution is 5.85. The number of likely N-dealkylation sites (N-methyl/N-ethyl adjacent to an activating group) is 1. The van der Waals surface area contributed by atoms with Gasteiger partial charge in [0.1, 0.15) is 6.04 Å². The van der Waals surface area contributed by atoms with Gasteiger partial charge in [-0.3, -0.25) is 14.5 Å². The predicted octanol–water partition coefficient (Wildman–Crippen LogP) is 1.07. The second-order valence-electron chi connectivity index (χ2n) is 3.01. The van der Waals surface area contributed by atoms with Gasteiger partial charge in [0.05, 0.1) is 0 Å². The fraction of sp³-hybridized carbons (Fsp3) is 0.778. The molecule has 0 bridgehead atoms. The van der Waals surface area contributed by atoms with E-state index in [0.717, 1.165) is 0 Å². The molecule has 0 saturated heterocycles. The van der Waals surface area contributed by atoms with Crippen LogP contribution in [-0.4, -0.2) is 46.2 Å². The maximum Gasteiger partial charge on any atom is 0.320 e. The van der Waals surface area contributed by atoms with Gasteiger partial charge in [-0.15, -0.1) is 12.4 Å². The summed E-state index contributed by atoms with van der Waals surface area (Å²) in [6, 6.07) is -0.680. The fourth-order valence-electron chi connectivity index (χ4n) is 1.39. The van der Waals surface area contributed by atoms with Gasteiger partial charge in [0.2, 0.25) is 0 Å². The highest BCUT2D eigenvalue weighted by atomic mass is 35.5. The molecule has 90 valence electrons. The summed E-state index contributed by atoms with van der Waals surface area (Å²) in [6.45, 7) is 4.96. The van der Waals surface area contributed by atoms with Gasteiger partial charge >= 0.3 is 11.9 Å². The van der Waals surface area contributed by atoms with Gasteiger partial charge in [0.25, 0.3) is 0 Å². The number of nitrogens with zero attached hydrogens (tertiary/aromatic N) is 1. The Morgan fingerprint density at radius 1 is 1.20 bits per heavy atom. The summed E-state index contributed by atoms with van der Waals surface area (Å²) in [5, 5.41) is 17.3. The second kappa shape index (κ2) is 8.49. The van der Waals surface area contributed by atoms with Crippen LogP contribution in [0.25, 0.3) is 0 Å². The second-order valence-corrected chi connectivity index (χ2v) is 3.01. The monoisotopic (exact) mass is 239 g/mol. The molecule has 0 spiro atoms. The summed E-state index contributed by atoms with van der Waals surface area (Å²) in [6.07, 6.45) is 0.0554. The lowest BCUT2D eigenvalue weighted by atomic mass is 10.1. The Kier molecular flexibility index (Phi) is 9.41. The van der Waals surface area contributed by atoms with E-state index in [2.05, 4.69) is 0 Å². The minimum atomic E-state index is -0.955. The van der Waals surface area contributed by atoms with E-state index in [4.69, 9.17) is 10.2 Å². The normalized spacial score (nSPS) is 11.9. The van der Waals surface area contributed by atoms with Crippen molar-refractivity contribution in [3.05, 3.63) is 0 Å². The molecule has 1 atom stereocenters. The smallest absolute Gasteiger partial charge is 0.320 e. The number of rotatable bonds is 7. The number of aliphatic carboxylic acids is 2. The third kappa shape index (κ3) is 6.30. The molecule has 5 nitrogen and oxygen atoms in total. The Labute approximate surface area is 95.5 Å². The maximum atomic E-state index is 10.8. The Bertz CT molecular complexity index is 206. The molecule has 0 rings (SSSR count). The summed E-state index contributed by atoms with van der Waals surface area (Å²) < 4.78 is 0. The molecule has 0 aromatic heterocycles. The quantitative estimate of drug-likeness (QED) is 0.695. The summed E-state index contributed by atoms with van der Waals surface area (Å²) >= 11 is 0. The molecule has 0 unspecified atom stereocenters. The van der Waals surface area contributed by atoms with E-state index in [-0.39, 0.29) is 25.2 Å². The molecule has 0 aliphatic heterocycles. The number of carboxylic acids is 2. The predicted molar refractivity (Wildman–Crippen MR) is 58.5 cm³/mol. The van der Waals surface area contributed by atoms with Crippen LogP contribution in [0.5, 0.6) is 0 Å². The van der Waals surface area contributed by atoms with Crippen molar-refractivity contribution in [3.63, 3.8) is 0 Å². The van der Waals surface area contributed by atoms with Crippen LogP contribution >= 0.6 is 12.4 Å². The topological polar surface area (TPSA) is 77.8 Å². The van der Waals surface area contributed by atoms with Crippen molar-refractivity contribution in [3.8, 4) is 0 Å². The molecule has 2 N–H and O–H groups in total. The SMILES string of the molecule is CCN(CC)[C@@H](CCC(=O)O)C(=O)O.Cl. The molecule has 0 aliphatic carbocycles. The van der Waals surface area contributed by atoms with E-state index >= 15 is 0 Å². The molecule has 0 aromatic rings. The average molecular weight is 240 g/mol. The van der Waals surface area contributed by atoms with E-state index in [1.54, 1.807) is 4.90 Å². The van der Waals surface area contributed by atoms with Crippen molar-refractivity contribution >= 4 is 24.3 Å². The van der Waals surface area contributed by atoms with Gasteiger partial charge in [-0.05, 0) is 19.5 Å². The molecule has 0 aliphatic rings. The first-order valence-electron chi connectivity index (χ1n) is 4.71. The van der Waals surface area contributed by atoms with Crippen LogP contribution in [0.3, 0.4) is 0 Å². The summed E-state index contributed by atoms with van der Waals surface area (Å²) in [5.41, 5.74) is 0. The molecule has 0 heterocycles. The summed E-state index contributed by atoms with van der Waals surface area (Å²) in [5.74, 6) is -1.90. The lowest BCUT2D eigenvalue weighted by Gasteiger charge is -2.25. The Morgan fingerprint density at radius 3 is 1.93 bits per heavy atom. The highest BCUT2D eigenvalue weighted by Crippen LogP contribution is 2.07. The van der Waals surface area contributed by atoms with Crippen molar-refractivity contribution in [2.45, 2.75) is 32.7 Å². The van der Waals surface area contributed by atoms with Gasteiger partial charge in [-0.25, -0.2) is 0 Å². The molecular formula is C9H18ClNO4. The van der Waals surface area contributed by atoms with Crippen LogP contribution in [0.15, 0.2) is 0 Å². The number of halogens is 1. The first-order valence-corrected chi connectivity index (χ1v) is 4.71. The van der Waals surface area contributed by atoms with E-state index < -0.39 is 18.0 Å². The molecule has 0 fully saturated rings. The molecule has 0 saturated carbocycles. The third-order valence-electron chi connectivity index (χ3n) is 2.17. The van der Waals surface area contributed by atoms with Crippen molar-refractivity contribution in [1.29, 1.82) is 0 Å². The average Bonchev–Trinajstić information content (AvgIpc) is 2.11. The Morgan fingerprint density at radius 2 is 1.67 bits per heavy atom. The van der Waals surface area contributed by atoms with Crippen LogP contribution < -0.4 is 0 Å². The van der Waals surface area contributed by atoms with Crippen LogP contribution in [0.2, 0.25) is 0 Å². The van der Waals surface area contributed by atoms with Gasteiger partial charge in [-0.1, -0.05) is 13.8 Å². The van der Waals surface area contributed by atoms with Crippen LogP contribution in [0.1, 0.15) is 26.7 Å². The van der Waals surface area contributed by atoms with Crippen LogP contribution in [-0.2, 0) is 9.59 Å². The van der Waals surface area contributed by atoms with Crippen LogP contribution in [0, 0.1) is 0 Å². The van der Waals surface area contributed by atoms with Crippen molar-refractivity contribution < 1.29 is 19.8 Å². The molecule has 6 heteroatoms. The minimum absolute atomic E-state index is 0. The zero-order chi connectivity index (χ0) is 11.1. The molecule has 15 heavy (non-hydrogen) atoms. The largest absolute Gasteiger partial charge is 0.481 e. The van der Waals surface area contributed by atoms with E-state index in [0.29, 0.717) is 13.1 Å². The zero-order valence-electron chi connectivity index (χ0n) is 8.97. The molecule has 0 radical (unpaired) electrons. The van der Waals surface area contributed by atoms with E-state index in [9.17, 15) is 9.59 Å². The number of carbonyl (C=O) groups is 2. The first kappa shape index (κ1) is 16.6. The first-order chi connectivity index (χ1) is 6.52. The van der Waals surface area contributed by atoms with E-state index in [1.807, 2.05) is 13.8 Å². The molecule has 0 aromatic carbocycles. The fourth-order valence-corrected chi connectivity index (χ4v) is 1.39. The maximum absolute atomic E-state index is 10.8. The lowest BCUT2D eigenvalue weighted by molar-refractivity contribution is -0.144. The van der Waals surface area contributed by atoms with Gasteiger partial charge in [-0.2, -0.15) is 0 Å².